The molecule has 0 nitrogen and oxygen atoms in total. The molecule has 4 heteroatoms. The third kappa shape index (κ3) is 24.1. The molecule has 0 amide bonds. The molecule has 0 aromatic rings. The van der Waals surface area contributed by atoms with Crippen LogP contribution in [0.5, 0.6) is 0 Å². The molecule has 0 N–H and O–H groups in total. The van der Waals surface area contributed by atoms with Gasteiger partial charge in [0.05, 0.1) is 0 Å². The van der Waals surface area contributed by atoms with E-state index in [1.165, 1.54) is 0 Å². The molecule has 0 bridgehead atoms. The van der Waals surface area contributed by atoms with Crippen LogP contribution in [-0.2, 0) is 0 Å². The fourth-order valence-electron chi connectivity index (χ4n) is 0. The second-order valence-electron chi connectivity index (χ2n) is 0.247. The monoisotopic (exact) mass is 372 g/mol. The summed E-state index contributed by atoms with van der Waals surface area (Å²) >= 11 is 12.7. The van der Waals surface area contributed by atoms with E-state index in [9.17, 15) is 0 Å². The summed E-state index contributed by atoms with van der Waals surface area (Å²) in [6, 6.07) is 0. The van der Waals surface area contributed by atoms with Gasteiger partial charge in [-0.25, -0.2) is 0 Å². The maximum absolute atomic E-state index is 4.96. The van der Waals surface area contributed by atoms with E-state index in [1.807, 2.05) is 0 Å². The molecule has 0 unspecified atom stereocenters. The van der Waals surface area contributed by atoms with Crippen LogP contribution in [0.1, 0.15) is 0 Å². The van der Waals surface area contributed by atoms with E-state index in [1.54, 1.807) is 0 Å². The SMILES string of the molecule is ClC(Cl)Br.[PbH2]. The van der Waals surface area contributed by atoms with Crippen molar-refractivity contribution in [1.29, 1.82) is 0 Å². The van der Waals surface area contributed by atoms with E-state index >= 15 is 0 Å². The molecule has 32 valence electrons. The Bertz CT molecular complexity index is 14.4. The molecule has 5 heavy (non-hydrogen) atoms. The summed E-state index contributed by atoms with van der Waals surface area (Å²) in [6.45, 7) is 0. The van der Waals surface area contributed by atoms with E-state index in [2.05, 4.69) is 15.9 Å². The molecule has 0 aliphatic rings. The van der Waals surface area contributed by atoms with Crippen LogP contribution in [0.15, 0.2) is 0 Å². The average molecular weight is 373 g/mol. The second-order valence-corrected chi connectivity index (χ2v) is 3.31. The van der Waals surface area contributed by atoms with Gasteiger partial charge in [0.25, 0.3) is 0 Å². The van der Waals surface area contributed by atoms with Crippen LogP contribution in [0, 0.1) is 0 Å². The first-order valence-electron chi connectivity index (χ1n) is 0.655. The predicted octanol–water partition coefficient (Wildman–Crippen LogP) is 1.23. The van der Waals surface area contributed by atoms with Crippen molar-refractivity contribution in [1.82, 2.24) is 0 Å². The number of halogens is 3. The third-order valence-electron chi connectivity index (χ3n) is 0. The number of hydrogen-bond acceptors (Lipinski definition) is 0. The molecule has 0 aromatic heterocycles. The Labute approximate surface area is 69.5 Å². The number of hydrogen-bond donors (Lipinski definition) is 0. The van der Waals surface area contributed by atoms with Gasteiger partial charge in [-0.2, -0.15) is 0 Å². The standard InChI is InChI=1S/CHBrCl2.Pb.2H/c2-1(3)4;;;/h1H;;;. The molecule has 0 rings (SSSR count). The second kappa shape index (κ2) is 5.98. The van der Waals surface area contributed by atoms with Gasteiger partial charge < -0.3 is 0 Å². The Morgan fingerprint density at radius 3 is 1.40 bits per heavy atom. The topological polar surface area (TPSA) is 0 Å². The minimum atomic E-state index is -0.410. The molecule has 0 atom stereocenters. The van der Waals surface area contributed by atoms with Crippen LogP contribution < -0.4 is 0 Å². The van der Waals surface area contributed by atoms with Crippen molar-refractivity contribution in [2.24, 2.45) is 0 Å². The summed E-state index contributed by atoms with van der Waals surface area (Å²) in [5, 5.41) is 0. The molecular weight excluding hydrogens is 370 g/mol. The van der Waals surface area contributed by atoms with Gasteiger partial charge in [0.1, 0.15) is 0 Å². The van der Waals surface area contributed by atoms with Crippen molar-refractivity contribution in [3.8, 4) is 0 Å². The van der Waals surface area contributed by atoms with Gasteiger partial charge in [0.15, 0.2) is 3.75 Å². The molecule has 0 aromatic carbocycles. The quantitative estimate of drug-likeness (QED) is 0.443. The summed E-state index contributed by atoms with van der Waals surface area (Å²) in [5.74, 6) is 0. The summed E-state index contributed by atoms with van der Waals surface area (Å²) in [4.78, 5) is 0. The van der Waals surface area contributed by atoms with Gasteiger partial charge >= 0.3 is 27.3 Å². The predicted molar refractivity (Wildman–Crippen MR) is 33.0 cm³/mol. The Hall–Kier alpha value is 1.98. The first-order chi connectivity index (χ1) is 1.73. The molecule has 0 spiro atoms. The normalized spacial score (nSPS) is 7.20. The van der Waals surface area contributed by atoms with Crippen molar-refractivity contribution < 1.29 is 0 Å². The zero-order chi connectivity index (χ0) is 3.58. The Balaban J connectivity index is 0. The van der Waals surface area contributed by atoms with Crippen LogP contribution in [0.25, 0.3) is 0 Å². The van der Waals surface area contributed by atoms with Crippen LogP contribution in [-0.4, -0.2) is 31.0 Å². The third-order valence-corrected chi connectivity index (χ3v) is 0. The molecule has 0 aliphatic heterocycles. The van der Waals surface area contributed by atoms with Gasteiger partial charge in [-0.05, 0) is 0 Å². The molecule has 0 aliphatic carbocycles. The van der Waals surface area contributed by atoms with Gasteiger partial charge in [-0.1, -0.05) is 39.1 Å². The van der Waals surface area contributed by atoms with Crippen molar-refractivity contribution >= 4 is 66.4 Å². The fraction of sp³-hybridized carbons (Fsp3) is 1.00. The van der Waals surface area contributed by atoms with Crippen molar-refractivity contribution in [3.63, 3.8) is 0 Å². The Morgan fingerprint density at radius 2 is 1.40 bits per heavy atom. The Morgan fingerprint density at radius 1 is 1.40 bits per heavy atom. The van der Waals surface area contributed by atoms with Crippen LogP contribution in [0.3, 0.4) is 0 Å². The molecule has 2 radical (unpaired) electrons. The van der Waals surface area contributed by atoms with Crippen LogP contribution >= 0.6 is 39.1 Å². The van der Waals surface area contributed by atoms with E-state index in [4.69, 9.17) is 23.2 Å². The van der Waals surface area contributed by atoms with Gasteiger partial charge in [0, 0.05) is 0 Å². The van der Waals surface area contributed by atoms with Crippen molar-refractivity contribution in [2.45, 2.75) is 3.75 Å². The maximum atomic E-state index is 4.96. The average Bonchev–Trinajstić information content (AvgIpc) is 0.811. The Kier molecular flexibility index (Phi) is 12.0. The summed E-state index contributed by atoms with van der Waals surface area (Å²) in [6.07, 6.45) is 0. The van der Waals surface area contributed by atoms with Gasteiger partial charge in [0.2, 0.25) is 0 Å². The van der Waals surface area contributed by atoms with E-state index in [0.717, 1.165) is 0 Å². The van der Waals surface area contributed by atoms with Crippen molar-refractivity contribution in [2.75, 3.05) is 0 Å². The molecule has 0 saturated heterocycles. The molecule has 0 fully saturated rings. The van der Waals surface area contributed by atoms with Gasteiger partial charge in [-0.15, -0.1) is 0 Å². The van der Waals surface area contributed by atoms with Crippen LogP contribution in [0.4, 0.5) is 0 Å². The minimum absolute atomic E-state index is 0. The summed E-state index contributed by atoms with van der Waals surface area (Å²) in [7, 11) is 0. The van der Waals surface area contributed by atoms with E-state index in [-0.39, 0.29) is 27.3 Å². The molecule has 0 saturated carbocycles. The first kappa shape index (κ1) is 10.1. The number of alkyl halides is 3. The summed E-state index contributed by atoms with van der Waals surface area (Å²) in [5.41, 5.74) is 0. The van der Waals surface area contributed by atoms with Crippen LogP contribution in [0.2, 0.25) is 0 Å². The fourth-order valence-corrected chi connectivity index (χ4v) is 0. The van der Waals surface area contributed by atoms with Crippen molar-refractivity contribution in [3.05, 3.63) is 0 Å². The van der Waals surface area contributed by atoms with E-state index in [0.29, 0.717) is 0 Å². The molecular formula is CH3BrCl2Pb. The number of rotatable bonds is 0. The zero-order valence-corrected chi connectivity index (χ0v) is 11.0. The van der Waals surface area contributed by atoms with Gasteiger partial charge in [-0.3, -0.25) is 0 Å². The molecule has 0 heterocycles. The van der Waals surface area contributed by atoms with E-state index < -0.39 is 3.75 Å². The summed E-state index contributed by atoms with van der Waals surface area (Å²) < 4.78 is -0.410. The first-order valence-corrected chi connectivity index (χ1v) is 2.44. The zero-order valence-electron chi connectivity index (χ0n) is 2.42.